The van der Waals surface area contributed by atoms with Crippen LogP contribution in [0, 0.1) is 0 Å². The first-order valence-corrected chi connectivity index (χ1v) is 10.7. The lowest BCUT2D eigenvalue weighted by Crippen LogP contribution is -2.35. The molecule has 3 aromatic rings. The predicted octanol–water partition coefficient (Wildman–Crippen LogP) is 4.38. The second-order valence-electron chi connectivity index (χ2n) is 7.51. The Morgan fingerprint density at radius 1 is 0.909 bits per heavy atom. The molecule has 3 aromatic carbocycles. The van der Waals surface area contributed by atoms with Gasteiger partial charge in [0, 0.05) is 18.2 Å². The van der Waals surface area contributed by atoms with Crippen molar-refractivity contribution in [3.8, 4) is 23.0 Å². The summed E-state index contributed by atoms with van der Waals surface area (Å²) in [6.45, 7) is 1.14. The molecule has 8 nitrogen and oxygen atoms in total. The lowest BCUT2D eigenvalue weighted by molar-refractivity contribution is -0.116. The third-order valence-corrected chi connectivity index (χ3v) is 4.98. The van der Waals surface area contributed by atoms with E-state index in [0.29, 0.717) is 47.5 Å². The fourth-order valence-corrected chi connectivity index (χ4v) is 3.48. The summed E-state index contributed by atoms with van der Waals surface area (Å²) in [6, 6.07) is 20.4. The molecule has 1 unspecified atom stereocenters. The second-order valence-corrected chi connectivity index (χ2v) is 7.51. The Morgan fingerprint density at radius 3 is 2.45 bits per heavy atom. The zero-order valence-corrected chi connectivity index (χ0v) is 18.0. The highest BCUT2D eigenvalue weighted by Crippen LogP contribution is 2.32. The van der Waals surface area contributed by atoms with Gasteiger partial charge in [0.1, 0.15) is 11.5 Å². The number of carbonyl (C=O) groups is 2. The Kier molecular flexibility index (Phi) is 6.94. The molecule has 0 saturated carbocycles. The molecular formula is C25H25N3O5. The summed E-state index contributed by atoms with van der Waals surface area (Å²) in [5.74, 6) is 2.20. The Hall–Kier alpha value is -4.20. The minimum Gasteiger partial charge on any atom is -0.490 e. The van der Waals surface area contributed by atoms with E-state index < -0.39 is 12.1 Å². The highest BCUT2D eigenvalue weighted by Gasteiger charge is 2.19. The van der Waals surface area contributed by atoms with Gasteiger partial charge in [-0.15, -0.1) is 0 Å². The number of ether oxygens (including phenoxy) is 3. The molecule has 0 aromatic heterocycles. The van der Waals surface area contributed by atoms with Gasteiger partial charge < -0.3 is 30.6 Å². The number of nitrogens with two attached hydrogens (primary N) is 1. The van der Waals surface area contributed by atoms with Gasteiger partial charge in [0.2, 0.25) is 5.91 Å². The van der Waals surface area contributed by atoms with Gasteiger partial charge in [0.15, 0.2) is 11.5 Å². The zero-order valence-electron chi connectivity index (χ0n) is 18.0. The van der Waals surface area contributed by atoms with Gasteiger partial charge >= 0.3 is 6.03 Å². The normalized spacial score (nSPS) is 13.3. The summed E-state index contributed by atoms with van der Waals surface area (Å²) in [5.41, 5.74) is 6.63. The SMILES string of the molecule is NC(=O)NC(CC(=O)Nc1ccc2c(c1)OCCCO2)c1cccc(Oc2ccccc2)c1. The van der Waals surface area contributed by atoms with Gasteiger partial charge in [-0.25, -0.2) is 4.79 Å². The highest BCUT2D eigenvalue weighted by molar-refractivity contribution is 5.92. The van der Waals surface area contributed by atoms with Gasteiger partial charge in [0.25, 0.3) is 0 Å². The van der Waals surface area contributed by atoms with Crippen molar-refractivity contribution in [3.05, 3.63) is 78.4 Å². The molecule has 1 aliphatic heterocycles. The number of rotatable bonds is 7. The molecule has 4 N–H and O–H groups in total. The third kappa shape index (κ3) is 6.16. The van der Waals surface area contributed by atoms with E-state index in [4.69, 9.17) is 19.9 Å². The third-order valence-electron chi connectivity index (χ3n) is 4.98. The minimum atomic E-state index is -0.724. The molecule has 170 valence electrons. The zero-order chi connectivity index (χ0) is 23.0. The summed E-state index contributed by atoms with van der Waals surface area (Å²) in [7, 11) is 0. The van der Waals surface area contributed by atoms with Crippen LogP contribution in [-0.2, 0) is 4.79 Å². The maximum absolute atomic E-state index is 12.8. The van der Waals surface area contributed by atoms with Crippen LogP contribution in [0.4, 0.5) is 10.5 Å². The number of urea groups is 1. The van der Waals surface area contributed by atoms with Crippen molar-refractivity contribution < 1.29 is 23.8 Å². The van der Waals surface area contributed by atoms with Gasteiger partial charge in [-0.05, 0) is 42.0 Å². The standard InChI is InChI=1S/C25H25N3O5/c26-25(30)28-21(17-6-4-9-20(14-17)33-19-7-2-1-3-8-19)16-24(29)27-18-10-11-22-23(15-18)32-13-5-12-31-22/h1-4,6-11,14-15,21H,5,12-13,16H2,(H,27,29)(H3,26,28,30). The minimum absolute atomic E-state index is 0.0217. The number of hydrogen-bond acceptors (Lipinski definition) is 5. The van der Waals surface area contributed by atoms with Crippen molar-refractivity contribution in [2.75, 3.05) is 18.5 Å². The van der Waals surface area contributed by atoms with Crippen LogP contribution in [0.2, 0.25) is 0 Å². The molecule has 1 aliphatic rings. The largest absolute Gasteiger partial charge is 0.490 e. The van der Waals surface area contributed by atoms with Gasteiger partial charge in [0.05, 0.1) is 25.7 Å². The van der Waals surface area contributed by atoms with Crippen LogP contribution in [0.1, 0.15) is 24.4 Å². The van der Waals surface area contributed by atoms with E-state index in [1.807, 2.05) is 30.3 Å². The molecule has 1 heterocycles. The summed E-state index contributed by atoms with van der Waals surface area (Å²) < 4.78 is 17.2. The molecule has 0 spiro atoms. The molecule has 0 saturated heterocycles. The fraction of sp³-hybridized carbons (Fsp3) is 0.200. The van der Waals surface area contributed by atoms with E-state index in [-0.39, 0.29) is 12.3 Å². The molecule has 33 heavy (non-hydrogen) atoms. The van der Waals surface area contributed by atoms with Crippen molar-refractivity contribution in [1.29, 1.82) is 0 Å². The fourth-order valence-electron chi connectivity index (χ4n) is 3.48. The summed E-state index contributed by atoms with van der Waals surface area (Å²) >= 11 is 0. The average molecular weight is 447 g/mol. The molecule has 8 heteroatoms. The number of amides is 3. The van der Waals surface area contributed by atoms with Crippen molar-refractivity contribution >= 4 is 17.6 Å². The second kappa shape index (κ2) is 10.4. The quantitative estimate of drug-likeness (QED) is 0.498. The van der Waals surface area contributed by atoms with E-state index in [9.17, 15) is 9.59 Å². The molecule has 0 radical (unpaired) electrons. The van der Waals surface area contributed by atoms with E-state index >= 15 is 0 Å². The smallest absolute Gasteiger partial charge is 0.312 e. The predicted molar refractivity (Wildman–Crippen MR) is 124 cm³/mol. The lowest BCUT2D eigenvalue weighted by atomic mass is 10.0. The van der Waals surface area contributed by atoms with Crippen LogP contribution in [0.3, 0.4) is 0 Å². The van der Waals surface area contributed by atoms with Crippen molar-refractivity contribution in [2.45, 2.75) is 18.9 Å². The van der Waals surface area contributed by atoms with Crippen molar-refractivity contribution in [1.82, 2.24) is 5.32 Å². The maximum atomic E-state index is 12.8. The molecular weight excluding hydrogens is 422 g/mol. The van der Waals surface area contributed by atoms with Crippen LogP contribution in [-0.4, -0.2) is 25.2 Å². The van der Waals surface area contributed by atoms with Crippen LogP contribution < -0.4 is 30.6 Å². The molecule has 0 aliphatic carbocycles. The van der Waals surface area contributed by atoms with Crippen LogP contribution in [0.5, 0.6) is 23.0 Å². The van der Waals surface area contributed by atoms with E-state index in [0.717, 1.165) is 6.42 Å². The van der Waals surface area contributed by atoms with E-state index in [2.05, 4.69) is 10.6 Å². The first-order valence-electron chi connectivity index (χ1n) is 10.7. The van der Waals surface area contributed by atoms with Gasteiger partial charge in [-0.1, -0.05) is 30.3 Å². The molecule has 0 fully saturated rings. The highest BCUT2D eigenvalue weighted by atomic mass is 16.5. The van der Waals surface area contributed by atoms with Crippen LogP contribution in [0.25, 0.3) is 0 Å². The number of anilines is 1. The van der Waals surface area contributed by atoms with Gasteiger partial charge in [-0.2, -0.15) is 0 Å². The molecule has 0 bridgehead atoms. The summed E-state index contributed by atoms with van der Waals surface area (Å²) in [5, 5.41) is 5.48. The molecule has 1 atom stereocenters. The molecule has 4 rings (SSSR count). The molecule has 3 amide bonds. The van der Waals surface area contributed by atoms with E-state index in [1.165, 1.54) is 0 Å². The number of primary amides is 1. The number of carbonyl (C=O) groups excluding carboxylic acids is 2. The lowest BCUT2D eigenvalue weighted by Gasteiger charge is -2.19. The van der Waals surface area contributed by atoms with Crippen LogP contribution >= 0.6 is 0 Å². The Labute approximate surface area is 191 Å². The summed E-state index contributed by atoms with van der Waals surface area (Å²) in [4.78, 5) is 24.4. The van der Waals surface area contributed by atoms with Crippen LogP contribution in [0.15, 0.2) is 72.8 Å². The number of benzene rings is 3. The Balaban J connectivity index is 1.46. The van der Waals surface area contributed by atoms with Gasteiger partial charge in [-0.3, -0.25) is 4.79 Å². The first kappa shape index (κ1) is 22.0. The topological polar surface area (TPSA) is 112 Å². The monoisotopic (exact) mass is 447 g/mol. The average Bonchev–Trinajstić information content (AvgIpc) is 3.04. The number of fused-ring (bicyclic) bond motifs is 1. The number of para-hydroxylation sites is 1. The maximum Gasteiger partial charge on any atom is 0.312 e. The Bertz CT molecular complexity index is 1120. The Morgan fingerprint density at radius 2 is 1.67 bits per heavy atom. The van der Waals surface area contributed by atoms with Crippen molar-refractivity contribution in [2.24, 2.45) is 5.73 Å². The van der Waals surface area contributed by atoms with E-state index in [1.54, 1.807) is 42.5 Å². The van der Waals surface area contributed by atoms with Crippen molar-refractivity contribution in [3.63, 3.8) is 0 Å². The summed E-state index contributed by atoms with van der Waals surface area (Å²) in [6.07, 6.45) is 0.774. The number of nitrogens with one attached hydrogen (secondary N) is 2. The first-order chi connectivity index (χ1) is 16.1. The number of hydrogen-bond donors (Lipinski definition) is 3.